The van der Waals surface area contributed by atoms with Crippen molar-refractivity contribution in [1.82, 2.24) is 0 Å². The molecular weight excluding hydrogens is 361 g/mol. The van der Waals surface area contributed by atoms with Crippen molar-refractivity contribution < 1.29 is 27.9 Å². The van der Waals surface area contributed by atoms with Gasteiger partial charge >= 0.3 is 7.60 Å². The van der Waals surface area contributed by atoms with E-state index in [0.717, 1.165) is 19.3 Å². The Morgan fingerprint density at radius 1 is 1.04 bits per heavy atom. The molecule has 0 amide bonds. The van der Waals surface area contributed by atoms with Crippen LogP contribution in [0.15, 0.2) is 24.3 Å². The summed E-state index contributed by atoms with van der Waals surface area (Å²) < 4.78 is 45.5. The van der Waals surface area contributed by atoms with E-state index in [1.165, 1.54) is 24.3 Å². The molecule has 0 saturated carbocycles. The maximum absolute atomic E-state index is 14.4. The maximum atomic E-state index is 14.4. The molecule has 0 aliphatic heterocycles. The van der Waals surface area contributed by atoms with Crippen molar-refractivity contribution in [2.75, 3.05) is 0 Å². The first kappa shape index (κ1) is 20.6. The first-order valence-electron chi connectivity index (χ1n) is 8.47. The number of aryl methyl sites for hydroxylation is 3. The summed E-state index contributed by atoms with van der Waals surface area (Å²) in [4.78, 5) is 18.6. The highest BCUT2D eigenvalue weighted by atomic mass is 31.2. The van der Waals surface area contributed by atoms with Gasteiger partial charge in [0, 0.05) is 0 Å². The fourth-order valence-electron chi connectivity index (χ4n) is 2.78. The van der Waals surface area contributed by atoms with E-state index >= 15 is 0 Å². The lowest BCUT2D eigenvalue weighted by Gasteiger charge is -2.15. The molecule has 0 fully saturated rings. The number of halogens is 2. The Labute approximate surface area is 152 Å². The fourth-order valence-corrected chi connectivity index (χ4v) is 3.50. The van der Waals surface area contributed by atoms with E-state index in [2.05, 4.69) is 0 Å². The standard InChI is InChI=1S/C19H23F2O4P/c1-4-5-6-7-14-8-9-16(18(21)17(14)20)25-19-12(2)10-15(11-13(19)3)26(22,23)24/h8-11H,4-7H2,1-3H3,(H2,22,23,24). The van der Waals surface area contributed by atoms with E-state index in [0.29, 0.717) is 23.1 Å². The molecule has 0 bridgehead atoms. The van der Waals surface area contributed by atoms with Crippen LogP contribution in [0.25, 0.3) is 0 Å². The van der Waals surface area contributed by atoms with E-state index in [-0.39, 0.29) is 16.8 Å². The van der Waals surface area contributed by atoms with Crippen molar-refractivity contribution >= 4 is 12.9 Å². The van der Waals surface area contributed by atoms with Gasteiger partial charge < -0.3 is 14.5 Å². The zero-order valence-corrected chi connectivity index (χ0v) is 15.9. The number of benzene rings is 2. The van der Waals surface area contributed by atoms with E-state index in [4.69, 9.17) is 4.74 Å². The summed E-state index contributed by atoms with van der Waals surface area (Å²) in [7, 11) is -4.40. The van der Waals surface area contributed by atoms with Crippen LogP contribution in [0.4, 0.5) is 8.78 Å². The van der Waals surface area contributed by atoms with Crippen LogP contribution in [0, 0.1) is 25.5 Å². The zero-order valence-electron chi connectivity index (χ0n) is 15.1. The smallest absolute Gasteiger partial charge is 0.356 e. The van der Waals surface area contributed by atoms with Gasteiger partial charge in [0.05, 0.1) is 5.30 Å². The molecule has 2 aromatic carbocycles. The molecule has 2 aromatic rings. The molecule has 0 aliphatic carbocycles. The first-order chi connectivity index (χ1) is 12.1. The SMILES string of the molecule is CCCCCc1ccc(Oc2c(C)cc(P(=O)(O)O)cc2C)c(F)c1F. The van der Waals surface area contributed by atoms with E-state index in [9.17, 15) is 23.1 Å². The van der Waals surface area contributed by atoms with Gasteiger partial charge in [-0.15, -0.1) is 0 Å². The minimum atomic E-state index is -4.40. The topological polar surface area (TPSA) is 66.8 Å². The molecule has 0 aliphatic rings. The Morgan fingerprint density at radius 3 is 2.19 bits per heavy atom. The number of rotatable bonds is 7. The molecule has 0 atom stereocenters. The fraction of sp³-hybridized carbons (Fsp3) is 0.368. The van der Waals surface area contributed by atoms with Crippen LogP contribution in [0.5, 0.6) is 11.5 Å². The molecule has 0 aromatic heterocycles. The monoisotopic (exact) mass is 384 g/mol. The summed E-state index contributed by atoms with van der Waals surface area (Å²) in [6, 6.07) is 5.47. The van der Waals surface area contributed by atoms with E-state index < -0.39 is 19.2 Å². The number of ether oxygens (including phenoxy) is 1. The van der Waals surface area contributed by atoms with Crippen molar-refractivity contribution in [3.05, 3.63) is 52.6 Å². The van der Waals surface area contributed by atoms with Crippen molar-refractivity contribution in [3.63, 3.8) is 0 Å². The van der Waals surface area contributed by atoms with Crippen molar-refractivity contribution in [2.45, 2.75) is 46.5 Å². The average Bonchev–Trinajstić information content (AvgIpc) is 2.55. The molecule has 2 N–H and O–H groups in total. The molecule has 0 saturated heterocycles. The van der Waals surface area contributed by atoms with Gasteiger partial charge in [-0.3, -0.25) is 4.57 Å². The third-order valence-electron chi connectivity index (χ3n) is 4.17. The lowest BCUT2D eigenvalue weighted by atomic mass is 10.1. The number of unbranched alkanes of at least 4 members (excludes halogenated alkanes) is 2. The van der Waals surface area contributed by atoms with Gasteiger partial charge in [-0.25, -0.2) is 4.39 Å². The molecule has 0 unspecified atom stereocenters. The minimum Gasteiger partial charge on any atom is -0.454 e. The van der Waals surface area contributed by atoms with Crippen LogP contribution in [0.3, 0.4) is 0 Å². The van der Waals surface area contributed by atoms with Crippen LogP contribution >= 0.6 is 7.60 Å². The highest BCUT2D eigenvalue weighted by molar-refractivity contribution is 7.60. The second-order valence-electron chi connectivity index (χ2n) is 6.36. The van der Waals surface area contributed by atoms with Crippen LogP contribution in [-0.2, 0) is 11.0 Å². The van der Waals surface area contributed by atoms with Gasteiger partial charge in [-0.05, 0) is 61.6 Å². The van der Waals surface area contributed by atoms with E-state index in [1.54, 1.807) is 13.8 Å². The van der Waals surface area contributed by atoms with E-state index in [1.807, 2.05) is 6.92 Å². The Bertz CT molecular complexity index is 823. The minimum absolute atomic E-state index is 0.141. The third kappa shape index (κ3) is 4.70. The quantitative estimate of drug-likeness (QED) is 0.526. The number of hydrogen-bond donors (Lipinski definition) is 2. The normalized spacial score (nSPS) is 11.7. The summed E-state index contributed by atoms with van der Waals surface area (Å²) in [5.41, 5.74) is 1.17. The first-order valence-corrected chi connectivity index (χ1v) is 10.1. The van der Waals surface area contributed by atoms with Crippen LogP contribution in [0.1, 0.15) is 42.9 Å². The lowest BCUT2D eigenvalue weighted by Crippen LogP contribution is -2.07. The highest BCUT2D eigenvalue weighted by Gasteiger charge is 2.21. The summed E-state index contributed by atoms with van der Waals surface area (Å²) in [5.74, 6) is -1.98. The molecule has 0 radical (unpaired) electrons. The Hall–Kier alpha value is -1.75. The maximum Gasteiger partial charge on any atom is 0.356 e. The van der Waals surface area contributed by atoms with Gasteiger partial charge in [0.15, 0.2) is 11.6 Å². The van der Waals surface area contributed by atoms with Gasteiger partial charge in [-0.2, -0.15) is 4.39 Å². The summed E-state index contributed by atoms with van der Waals surface area (Å²) in [5, 5.41) is -0.141. The molecule has 0 heterocycles. The number of hydrogen-bond acceptors (Lipinski definition) is 2. The molecule has 26 heavy (non-hydrogen) atoms. The summed E-state index contributed by atoms with van der Waals surface area (Å²) >= 11 is 0. The average molecular weight is 384 g/mol. The second kappa shape index (κ2) is 8.30. The molecule has 2 rings (SSSR count). The molecule has 0 spiro atoms. The predicted molar refractivity (Wildman–Crippen MR) is 97.3 cm³/mol. The van der Waals surface area contributed by atoms with Crippen LogP contribution in [-0.4, -0.2) is 9.79 Å². The third-order valence-corrected chi connectivity index (χ3v) is 5.10. The molecule has 142 valence electrons. The van der Waals surface area contributed by atoms with Crippen molar-refractivity contribution in [2.24, 2.45) is 0 Å². The van der Waals surface area contributed by atoms with Crippen molar-refractivity contribution in [1.29, 1.82) is 0 Å². The Kier molecular flexibility index (Phi) is 6.56. The van der Waals surface area contributed by atoms with Crippen molar-refractivity contribution in [3.8, 4) is 11.5 Å². The highest BCUT2D eigenvalue weighted by Crippen LogP contribution is 2.38. The Balaban J connectivity index is 2.32. The predicted octanol–water partition coefficient (Wildman–Crippen LogP) is 4.91. The Morgan fingerprint density at radius 2 is 1.65 bits per heavy atom. The van der Waals surface area contributed by atoms with Gasteiger partial charge in [-0.1, -0.05) is 25.8 Å². The summed E-state index contributed by atoms with van der Waals surface area (Å²) in [6.07, 6.45) is 3.19. The summed E-state index contributed by atoms with van der Waals surface area (Å²) in [6.45, 7) is 5.22. The molecule has 7 heteroatoms. The molecule has 4 nitrogen and oxygen atoms in total. The van der Waals surface area contributed by atoms with Crippen LogP contribution in [0.2, 0.25) is 0 Å². The van der Waals surface area contributed by atoms with Gasteiger partial charge in [0.1, 0.15) is 5.75 Å². The molecular formula is C19H23F2O4P. The largest absolute Gasteiger partial charge is 0.454 e. The van der Waals surface area contributed by atoms with Gasteiger partial charge in [0.2, 0.25) is 5.82 Å². The lowest BCUT2D eigenvalue weighted by molar-refractivity contribution is 0.387. The van der Waals surface area contributed by atoms with Crippen LogP contribution < -0.4 is 10.0 Å². The zero-order chi connectivity index (χ0) is 19.5. The second-order valence-corrected chi connectivity index (χ2v) is 7.97. The van der Waals surface area contributed by atoms with Gasteiger partial charge in [0.25, 0.3) is 0 Å².